The molecule has 88 valence electrons. The Morgan fingerprint density at radius 2 is 2.00 bits per heavy atom. The number of nitrogens with one attached hydrogen (secondary N) is 1. The lowest BCUT2D eigenvalue weighted by Crippen LogP contribution is -2.36. The molecule has 1 heterocycles. The third kappa shape index (κ3) is 3.86. The third-order valence-electron chi connectivity index (χ3n) is 3.16. The second kappa shape index (κ2) is 6.89. The van der Waals surface area contributed by atoms with Crippen LogP contribution in [0.3, 0.4) is 0 Å². The van der Waals surface area contributed by atoms with E-state index in [2.05, 4.69) is 30.6 Å². The Bertz CT molecular complexity index is 177. The maximum Gasteiger partial charge on any atom is 0.0172 e. The van der Waals surface area contributed by atoms with E-state index in [1.165, 1.54) is 51.0 Å². The smallest absolute Gasteiger partial charge is 0.0172 e. The van der Waals surface area contributed by atoms with E-state index in [9.17, 15) is 0 Å². The largest absolute Gasteiger partial charge is 0.375 e. The van der Waals surface area contributed by atoms with Crippen molar-refractivity contribution >= 4 is 0 Å². The fraction of sp³-hybridized carbons (Fsp3) is 0.846. The van der Waals surface area contributed by atoms with Crippen LogP contribution < -0.4 is 5.32 Å². The highest BCUT2D eigenvalue weighted by Crippen LogP contribution is 2.21. The van der Waals surface area contributed by atoms with Crippen molar-refractivity contribution in [3.63, 3.8) is 0 Å². The second-order valence-corrected chi connectivity index (χ2v) is 4.52. The molecular weight excluding hydrogens is 184 g/mol. The van der Waals surface area contributed by atoms with Crippen molar-refractivity contribution in [2.75, 3.05) is 26.2 Å². The fourth-order valence-corrected chi connectivity index (χ4v) is 2.33. The van der Waals surface area contributed by atoms with Gasteiger partial charge in [0.05, 0.1) is 0 Å². The van der Waals surface area contributed by atoms with Gasteiger partial charge in [-0.1, -0.05) is 20.4 Å². The standard InChI is InChI=1S/C13H26N2/c1-4-9-15(10-5-2)12(3)13-7-6-8-14-11-13/h13-14H,3-11H2,1-2H3. The number of rotatable bonds is 6. The predicted molar refractivity (Wildman–Crippen MR) is 66.9 cm³/mol. The molecular formula is C13H26N2. The van der Waals surface area contributed by atoms with E-state index < -0.39 is 0 Å². The lowest BCUT2D eigenvalue weighted by atomic mass is 9.95. The molecule has 1 fully saturated rings. The molecule has 0 amide bonds. The first-order valence-electron chi connectivity index (χ1n) is 6.44. The molecule has 0 radical (unpaired) electrons. The molecule has 0 saturated carbocycles. The molecule has 1 aliphatic heterocycles. The molecule has 1 saturated heterocycles. The Morgan fingerprint density at radius 1 is 1.33 bits per heavy atom. The van der Waals surface area contributed by atoms with Crippen LogP contribution in [0.4, 0.5) is 0 Å². The van der Waals surface area contributed by atoms with Crippen LogP contribution in [0.2, 0.25) is 0 Å². The average Bonchev–Trinajstić information content (AvgIpc) is 2.29. The van der Waals surface area contributed by atoms with Crippen molar-refractivity contribution in [1.82, 2.24) is 10.2 Å². The summed E-state index contributed by atoms with van der Waals surface area (Å²) in [6, 6.07) is 0. The molecule has 0 aromatic rings. The van der Waals surface area contributed by atoms with Crippen molar-refractivity contribution in [3.8, 4) is 0 Å². The van der Waals surface area contributed by atoms with E-state index in [1.807, 2.05) is 0 Å². The van der Waals surface area contributed by atoms with E-state index >= 15 is 0 Å². The summed E-state index contributed by atoms with van der Waals surface area (Å²) in [5, 5.41) is 3.47. The highest BCUT2D eigenvalue weighted by atomic mass is 15.1. The van der Waals surface area contributed by atoms with Crippen LogP contribution in [0.15, 0.2) is 12.3 Å². The lowest BCUT2D eigenvalue weighted by Gasteiger charge is -2.33. The van der Waals surface area contributed by atoms with E-state index in [0.717, 1.165) is 6.54 Å². The van der Waals surface area contributed by atoms with Crippen LogP contribution >= 0.6 is 0 Å². The molecule has 2 nitrogen and oxygen atoms in total. The molecule has 15 heavy (non-hydrogen) atoms. The van der Waals surface area contributed by atoms with Crippen LogP contribution in [0, 0.1) is 5.92 Å². The van der Waals surface area contributed by atoms with Gasteiger partial charge in [-0.3, -0.25) is 0 Å². The molecule has 1 N–H and O–H groups in total. The summed E-state index contributed by atoms with van der Waals surface area (Å²) >= 11 is 0. The molecule has 1 aliphatic rings. The van der Waals surface area contributed by atoms with Gasteiger partial charge in [-0.05, 0) is 32.2 Å². The van der Waals surface area contributed by atoms with Crippen LogP contribution in [-0.4, -0.2) is 31.1 Å². The minimum absolute atomic E-state index is 0.678. The van der Waals surface area contributed by atoms with E-state index in [0.29, 0.717) is 5.92 Å². The molecule has 2 heteroatoms. The number of nitrogens with zero attached hydrogens (tertiary/aromatic N) is 1. The van der Waals surface area contributed by atoms with Crippen LogP contribution in [0.25, 0.3) is 0 Å². The first-order valence-corrected chi connectivity index (χ1v) is 6.44. The van der Waals surface area contributed by atoms with Gasteiger partial charge in [0, 0.05) is 31.2 Å². The highest BCUT2D eigenvalue weighted by molar-refractivity contribution is 5.02. The summed E-state index contributed by atoms with van der Waals surface area (Å²) in [5.74, 6) is 0.678. The van der Waals surface area contributed by atoms with Gasteiger partial charge in [-0.15, -0.1) is 0 Å². The first kappa shape index (κ1) is 12.6. The van der Waals surface area contributed by atoms with Crippen molar-refractivity contribution in [2.45, 2.75) is 39.5 Å². The molecule has 0 bridgehead atoms. The van der Waals surface area contributed by atoms with Crippen LogP contribution in [0.1, 0.15) is 39.5 Å². The Morgan fingerprint density at radius 3 is 2.47 bits per heavy atom. The van der Waals surface area contributed by atoms with Gasteiger partial charge in [-0.25, -0.2) is 0 Å². The zero-order valence-electron chi connectivity index (χ0n) is 10.4. The first-order chi connectivity index (χ1) is 7.29. The minimum Gasteiger partial charge on any atom is -0.375 e. The van der Waals surface area contributed by atoms with Crippen molar-refractivity contribution in [3.05, 3.63) is 12.3 Å². The number of piperidine rings is 1. The van der Waals surface area contributed by atoms with Gasteiger partial charge in [-0.2, -0.15) is 0 Å². The summed E-state index contributed by atoms with van der Waals surface area (Å²) in [6.07, 6.45) is 5.06. The van der Waals surface area contributed by atoms with Gasteiger partial charge in [0.15, 0.2) is 0 Å². The highest BCUT2D eigenvalue weighted by Gasteiger charge is 2.19. The summed E-state index contributed by atoms with van der Waals surface area (Å²) in [5.41, 5.74) is 1.37. The SMILES string of the molecule is C=C(C1CCCNC1)N(CCC)CCC. The summed E-state index contributed by atoms with van der Waals surface area (Å²) in [6.45, 7) is 13.4. The maximum absolute atomic E-state index is 4.30. The second-order valence-electron chi connectivity index (χ2n) is 4.52. The van der Waals surface area contributed by atoms with Gasteiger partial charge >= 0.3 is 0 Å². The Kier molecular flexibility index (Phi) is 5.77. The van der Waals surface area contributed by atoms with Crippen molar-refractivity contribution in [2.24, 2.45) is 5.92 Å². The lowest BCUT2D eigenvalue weighted by molar-refractivity contribution is 0.277. The van der Waals surface area contributed by atoms with Crippen LogP contribution in [0.5, 0.6) is 0 Å². The maximum atomic E-state index is 4.30. The zero-order chi connectivity index (χ0) is 11.1. The quantitative estimate of drug-likeness (QED) is 0.725. The number of hydrogen-bond donors (Lipinski definition) is 1. The molecule has 1 atom stereocenters. The molecule has 1 rings (SSSR count). The van der Waals surface area contributed by atoms with E-state index in [1.54, 1.807) is 0 Å². The topological polar surface area (TPSA) is 15.3 Å². The third-order valence-corrected chi connectivity index (χ3v) is 3.16. The van der Waals surface area contributed by atoms with Crippen molar-refractivity contribution < 1.29 is 0 Å². The predicted octanol–water partition coefficient (Wildman–Crippen LogP) is 2.62. The van der Waals surface area contributed by atoms with Crippen LogP contribution in [-0.2, 0) is 0 Å². The van der Waals surface area contributed by atoms with Crippen molar-refractivity contribution in [1.29, 1.82) is 0 Å². The van der Waals surface area contributed by atoms with E-state index in [-0.39, 0.29) is 0 Å². The molecule has 0 aromatic heterocycles. The van der Waals surface area contributed by atoms with Gasteiger partial charge in [0.25, 0.3) is 0 Å². The van der Waals surface area contributed by atoms with Gasteiger partial charge < -0.3 is 10.2 Å². The molecule has 1 unspecified atom stereocenters. The number of hydrogen-bond acceptors (Lipinski definition) is 2. The Hall–Kier alpha value is -0.500. The average molecular weight is 210 g/mol. The summed E-state index contributed by atoms with van der Waals surface area (Å²) < 4.78 is 0. The Balaban J connectivity index is 2.45. The summed E-state index contributed by atoms with van der Waals surface area (Å²) in [7, 11) is 0. The van der Waals surface area contributed by atoms with Gasteiger partial charge in [0.2, 0.25) is 0 Å². The molecule has 0 spiro atoms. The summed E-state index contributed by atoms with van der Waals surface area (Å²) in [4.78, 5) is 2.48. The van der Waals surface area contributed by atoms with Gasteiger partial charge in [0.1, 0.15) is 0 Å². The molecule has 0 aliphatic carbocycles. The van der Waals surface area contributed by atoms with E-state index in [4.69, 9.17) is 0 Å². The fourth-order valence-electron chi connectivity index (χ4n) is 2.33. The normalized spacial score (nSPS) is 21.3. The molecule has 0 aromatic carbocycles. The Labute approximate surface area is 94.7 Å². The minimum atomic E-state index is 0.678. The zero-order valence-corrected chi connectivity index (χ0v) is 10.4. The monoisotopic (exact) mass is 210 g/mol.